The van der Waals surface area contributed by atoms with E-state index in [0.717, 1.165) is 36.4 Å². The average Bonchev–Trinajstić information content (AvgIpc) is 2.52. The largest absolute Gasteiger partial charge is 0.494 e. The first-order chi connectivity index (χ1) is 10.6. The average molecular weight is 297 g/mol. The van der Waals surface area contributed by atoms with Gasteiger partial charge in [0.1, 0.15) is 5.75 Å². The summed E-state index contributed by atoms with van der Waals surface area (Å²) in [7, 11) is 8.24. The van der Waals surface area contributed by atoms with Crippen molar-refractivity contribution in [2.24, 2.45) is 0 Å². The molecule has 0 saturated heterocycles. The van der Waals surface area contributed by atoms with Gasteiger partial charge in [0.25, 0.3) is 0 Å². The minimum absolute atomic E-state index is 0.737. The van der Waals surface area contributed by atoms with Gasteiger partial charge < -0.3 is 14.5 Å². The molecule has 2 aromatic rings. The second kappa shape index (κ2) is 7.85. The smallest absolute Gasteiger partial charge is 0.119 e. The molecule has 22 heavy (non-hydrogen) atoms. The van der Waals surface area contributed by atoms with E-state index in [1.54, 1.807) is 0 Å². The molecule has 3 nitrogen and oxygen atoms in total. The molecule has 0 atom stereocenters. The van der Waals surface area contributed by atoms with Gasteiger partial charge in [0.2, 0.25) is 0 Å². The Bertz CT molecular complexity index is 576. The summed E-state index contributed by atoms with van der Waals surface area (Å²) in [5, 5.41) is 0. The summed E-state index contributed by atoms with van der Waals surface area (Å²) in [5.74, 6) is 0.907. The molecule has 2 rings (SSSR count). The Morgan fingerprint density at radius 1 is 1.00 bits per heavy atom. The van der Waals surface area contributed by atoms with Crippen LogP contribution in [0.15, 0.2) is 42.5 Å². The highest BCUT2D eigenvalue weighted by molar-refractivity contribution is 5.67. The van der Waals surface area contributed by atoms with E-state index in [-0.39, 0.29) is 0 Å². The molecule has 0 amide bonds. The number of hydrogen-bond donors (Lipinski definition) is 0. The lowest BCUT2D eigenvalue weighted by Crippen LogP contribution is -2.15. The molecule has 117 valence electrons. The normalized spacial score (nSPS) is 10.8. The summed E-state index contributed by atoms with van der Waals surface area (Å²) in [5.41, 5.74) is 3.42. The van der Waals surface area contributed by atoms with Gasteiger partial charge in [0, 0.05) is 26.3 Å². The number of ether oxygens (including phenoxy) is 1. The summed E-state index contributed by atoms with van der Waals surface area (Å²) in [6, 6.07) is 17.7. The van der Waals surface area contributed by atoms with Gasteiger partial charge in [-0.05, 0) is 62.0 Å². The zero-order chi connectivity index (χ0) is 15.9. The van der Waals surface area contributed by atoms with Crippen LogP contribution in [-0.4, -0.2) is 46.2 Å². The van der Waals surface area contributed by atoms with Crippen LogP contribution in [-0.2, 0) is 0 Å². The van der Waals surface area contributed by atoms with E-state index < -0.39 is 0 Å². The molecule has 0 bridgehead atoms. The monoisotopic (exact) mass is 297 g/mol. The Balaban J connectivity index is 2.01. The fourth-order valence-corrected chi connectivity index (χ4v) is 2.21. The van der Waals surface area contributed by atoms with E-state index in [9.17, 15) is 0 Å². The molecule has 1 radical (unpaired) electrons. The van der Waals surface area contributed by atoms with E-state index in [1.807, 2.05) is 26.2 Å². The first-order valence-corrected chi connectivity index (χ1v) is 7.63. The summed E-state index contributed by atoms with van der Waals surface area (Å²) in [6.45, 7) is 1.78. The van der Waals surface area contributed by atoms with Crippen LogP contribution >= 0.6 is 0 Å². The lowest BCUT2D eigenvalue weighted by Gasteiger charge is -2.13. The van der Waals surface area contributed by atoms with Gasteiger partial charge in [0.15, 0.2) is 0 Å². The van der Waals surface area contributed by atoms with Crippen LogP contribution in [0.4, 0.5) is 5.69 Å². The number of rotatable bonds is 7. The van der Waals surface area contributed by atoms with Crippen molar-refractivity contribution >= 4 is 5.69 Å². The first-order valence-electron chi connectivity index (χ1n) is 7.63. The van der Waals surface area contributed by atoms with Crippen molar-refractivity contribution in [2.75, 3.05) is 46.2 Å². The maximum Gasteiger partial charge on any atom is 0.119 e. The van der Waals surface area contributed by atoms with Crippen molar-refractivity contribution in [3.63, 3.8) is 0 Å². The topological polar surface area (TPSA) is 15.7 Å². The highest BCUT2D eigenvalue weighted by Crippen LogP contribution is 2.25. The van der Waals surface area contributed by atoms with Gasteiger partial charge in [-0.2, -0.15) is 0 Å². The zero-order valence-electron chi connectivity index (χ0n) is 14.0. The number of anilines is 1. The summed E-state index contributed by atoms with van der Waals surface area (Å²) >= 11 is 0. The van der Waals surface area contributed by atoms with Gasteiger partial charge >= 0.3 is 0 Å². The molecule has 0 aliphatic heterocycles. The van der Waals surface area contributed by atoms with E-state index in [1.165, 1.54) is 5.69 Å². The van der Waals surface area contributed by atoms with Crippen LogP contribution in [0.3, 0.4) is 0 Å². The molecule has 0 aliphatic rings. The fraction of sp³-hybridized carbons (Fsp3) is 0.368. The summed E-state index contributed by atoms with van der Waals surface area (Å²) in [4.78, 5) is 4.26. The van der Waals surface area contributed by atoms with E-state index in [2.05, 4.69) is 60.3 Å². The Hall–Kier alpha value is -2.00. The summed E-state index contributed by atoms with van der Waals surface area (Å²) in [6.07, 6.45) is 1.03. The van der Waals surface area contributed by atoms with E-state index >= 15 is 0 Å². The fourth-order valence-electron chi connectivity index (χ4n) is 2.21. The van der Waals surface area contributed by atoms with Crippen LogP contribution < -0.4 is 9.64 Å². The van der Waals surface area contributed by atoms with Gasteiger partial charge in [-0.1, -0.05) is 18.2 Å². The molecule has 0 aliphatic carbocycles. The highest BCUT2D eigenvalue weighted by atomic mass is 16.5. The SMILES string of the molecule is CN(C)CCCOc1cc[c]c(-c2ccc(N(C)C)cc2)c1. The second-order valence-electron chi connectivity index (χ2n) is 5.88. The third-order valence-electron chi connectivity index (χ3n) is 3.49. The van der Waals surface area contributed by atoms with Crippen LogP contribution in [0.5, 0.6) is 5.75 Å². The zero-order valence-corrected chi connectivity index (χ0v) is 14.0. The standard InChI is InChI=1S/C19H25N2O/c1-20(2)13-6-14-22-19-8-5-7-17(15-19)16-9-11-18(12-10-16)21(3)4/h5,8-12,15H,6,13-14H2,1-4H3. The third kappa shape index (κ3) is 4.78. The molecular formula is C19H25N2O. The van der Waals surface area contributed by atoms with Crippen molar-refractivity contribution in [3.8, 4) is 16.9 Å². The molecule has 0 fully saturated rings. The van der Waals surface area contributed by atoms with Crippen LogP contribution in [0.1, 0.15) is 6.42 Å². The van der Waals surface area contributed by atoms with Crippen molar-refractivity contribution in [3.05, 3.63) is 48.5 Å². The van der Waals surface area contributed by atoms with Crippen LogP contribution in [0.2, 0.25) is 0 Å². The van der Waals surface area contributed by atoms with Gasteiger partial charge in [-0.15, -0.1) is 0 Å². The Kier molecular flexibility index (Phi) is 5.84. The lowest BCUT2D eigenvalue weighted by molar-refractivity contribution is 0.281. The maximum absolute atomic E-state index is 5.83. The van der Waals surface area contributed by atoms with Crippen LogP contribution in [0.25, 0.3) is 11.1 Å². The number of benzene rings is 2. The van der Waals surface area contributed by atoms with Crippen LogP contribution in [0, 0.1) is 6.07 Å². The molecular weight excluding hydrogens is 272 g/mol. The minimum Gasteiger partial charge on any atom is -0.494 e. The quantitative estimate of drug-likeness (QED) is 0.727. The van der Waals surface area contributed by atoms with Crippen molar-refractivity contribution in [1.82, 2.24) is 4.90 Å². The molecule has 0 unspecified atom stereocenters. The summed E-state index contributed by atoms with van der Waals surface area (Å²) < 4.78 is 5.83. The highest BCUT2D eigenvalue weighted by Gasteiger charge is 2.02. The predicted molar refractivity (Wildman–Crippen MR) is 93.7 cm³/mol. The molecule has 0 spiro atoms. The molecule has 0 aromatic heterocycles. The Morgan fingerprint density at radius 3 is 2.36 bits per heavy atom. The number of nitrogens with zero attached hydrogens (tertiary/aromatic N) is 2. The van der Waals surface area contributed by atoms with Gasteiger partial charge in [-0.25, -0.2) is 0 Å². The van der Waals surface area contributed by atoms with Crippen molar-refractivity contribution < 1.29 is 4.74 Å². The van der Waals surface area contributed by atoms with E-state index in [0.29, 0.717) is 0 Å². The molecule has 2 aromatic carbocycles. The first kappa shape index (κ1) is 16.4. The molecule has 0 saturated carbocycles. The second-order valence-corrected chi connectivity index (χ2v) is 5.88. The van der Waals surface area contributed by atoms with Crippen molar-refractivity contribution in [2.45, 2.75) is 6.42 Å². The third-order valence-corrected chi connectivity index (χ3v) is 3.49. The lowest BCUT2D eigenvalue weighted by atomic mass is 10.1. The van der Waals surface area contributed by atoms with Gasteiger partial charge in [0.05, 0.1) is 6.61 Å². The minimum atomic E-state index is 0.737. The molecule has 0 N–H and O–H groups in total. The van der Waals surface area contributed by atoms with E-state index in [4.69, 9.17) is 4.74 Å². The molecule has 0 heterocycles. The Labute approximate surface area is 134 Å². The molecule has 3 heteroatoms. The van der Waals surface area contributed by atoms with Crippen molar-refractivity contribution in [1.29, 1.82) is 0 Å². The Morgan fingerprint density at radius 2 is 1.73 bits per heavy atom. The number of hydrogen-bond acceptors (Lipinski definition) is 3. The maximum atomic E-state index is 5.83. The van der Waals surface area contributed by atoms with Gasteiger partial charge in [-0.3, -0.25) is 0 Å². The predicted octanol–water partition coefficient (Wildman–Crippen LogP) is 3.55.